The van der Waals surface area contributed by atoms with E-state index in [1.807, 2.05) is 0 Å². The maximum atomic E-state index is 12.4. The summed E-state index contributed by atoms with van der Waals surface area (Å²) in [5.41, 5.74) is 0. The highest BCUT2D eigenvalue weighted by Gasteiger charge is 2.25. The SMILES string of the molecule is CCCCCCCCC(CCCCCCCC)OC(=O)CCCCCCCNC1CC(O)C1. The van der Waals surface area contributed by atoms with Crippen LogP contribution >= 0.6 is 0 Å². The van der Waals surface area contributed by atoms with Crippen molar-refractivity contribution in [2.24, 2.45) is 0 Å². The molecule has 1 rings (SSSR count). The van der Waals surface area contributed by atoms with Crippen LogP contribution in [0.1, 0.15) is 155 Å². The summed E-state index contributed by atoms with van der Waals surface area (Å²) in [6, 6.07) is 0.537. The third-order valence-electron chi connectivity index (χ3n) is 7.16. The van der Waals surface area contributed by atoms with Crippen LogP contribution < -0.4 is 5.32 Å². The Morgan fingerprint density at radius 1 is 0.758 bits per heavy atom. The molecule has 1 fully saturated rings. The minimum Gasteiger partial charge on any atom is -0.462 e. The summed E-state index contributed by atoms with van der Waals surface area (Å²) >= 11 is 0. The maximum Gasteiger partial charge on any atom is 0.306 e. The Balaban J connectivity index is 2.08. The minimum atomic E-state index is -0.0709. The molecule has 0 aromatic carbocycles. The summed E-state index contributed by atoms with van der Waals surface area (Å²) in [6.45, 7) is 5.57. The molecule has 2 N–H and O–H groups in total. The van der Waals surface area contributed by atoms with Crippen molar-refractivity contribution in [3.8, 4) is 0 Å². The van der Waals surface area contributed by atoms with E-state index in [-0.39, 0.29) is 18.2 Å². The predicted octanol–water partition coefficient (Wildman–Crippen LogP) is 7.85. The van der Waals surface area contributed by atoms with Crippen molar-refractivity contribution in [1.29, 1.82) is 0 Å². The highest BCUT2D eigenvalue weighted by Crippen LogP contribution is 2.20. The first-order valence-electron chi connectivity index (χ1n) is 14.8. The number of hydrogen-bond donors (Lipinski definition) is 2. The van der Waals surface area contributed by atoms with Gasteiger partial charge in [-0.15, -0.1) is 0 Å². The summed E-state index contributed by atoms with van der Waals surface area (Å²) in [5.74, 6) is 0.0298. The molecule has 0 saturated heterocycles. The second-order valence-electron chi connectivity index (χ2n) is 10.5. The lowest BCUT2D eigenvalue weighted by molar-refractivity contribution is -0.150. The number of nitrogens with one attached hydrogen (secondary N) is 1. The zero-order chi connectivity index (χ0) is 24.0. The third kappa shape index (κ3) is 18.4. The van der Waals surface area contributed by atoms with Gasteiger partial charge in [0.1, 0.15) is 6.10 Å². The molecular formula is C29H57NO3. The van der Waals surface area contributed by atoms with Gasteiger partial charge in [0.15, 0.2) is 0 Å². The molecule has 1 aliphatic rings. The van der Waals surface area contributed by atoms with Gasteiger partial charge in [-0.1, -0.05) is 97.3 Å². The average molecular weight is 468 g/mol. The minimum absolute atomic E-state index is 0.0298. The molecule has 0 aromatic heterocycles. The topological polar surface area (TPSA) is 58.6 Å². The summed E-state index contributed by atoms with van der Waals surface area (Å²) in [4.78, 5) is 12.4. The third-order valence-corrected chi connectivity index (χ3v) is 7.16. The Morgan fingerprint density at radius 3 is 1.79 bits per heavy atom. The largest absolute Gasteiger partial charge is 0.462 e. The van der Waals surface area contributed by atoms with Crippen LogP contribution in [0.3, 0.4) is 0 Å². The fourth-order valence-electron chi connectivity index (χ4n) is 4.80. The normalized spacial score (nSPS) is 17.9. The summed E-state index contributed by atoms with van der Waals surface area (Å²) < 4.78 is 5.94. The van der Waals surface area contributed by atoms with Gasteiger partial charge in [0.25, 0.3) is 0 Å². The Bertz CT molecular complexity index is 421. The molecular weight excluding hydrogens is 410 g/mol. The maximum absolute atomic E-state index is 12.4. The Labute approximate surface area is 206 Å². The Kier molecular flexibility index (Phi) is 20.2. The molecule has 196 valence electrons. The number of esters is 1. The first kappa shape index (κ1) is 30.4. The van der Waals surface area contributed by atoms with Gasteiger partial charge in [-0.05, 0) is 57.9 Å². The second-order valence-corrected chi connectivity index (χ2v) is 10.5. The van der Waals surface area contributed by atoms with E-state index in [1.165, 1.54) is 96.3 Å². The Morgan fingerprint density at radius 2 is 1.24 bits per heavy atom. The summed E-state index contributed by atoms with van der Waals surface area (Å²) in [5, 5.41) is 12.8. The van der Waals surface area contributed by atoms with Gasteiger partial charge >= 0.3 is 5.97 Å². The van der Waals surface area contributed by atoms with Gasteiger partial charge in [-0.3, -0.25) is 4.79 Å². The number of hydrogen-bond acceptors (Lipinski definition) is 4. The van der Waals surface area contributed by atoms with E-state index in [9.17, 15) is 9.90 Å². The monoisotopic (exact) mass is 467 g/mol. The standard InChI is InChI=1S/C29H57NO3/c1-3-5-7-9-12-16-20-28(21-17-13-10-8-6-4-2)33-29(32)22-18-14-11-15-19-23-30-26-24-27(31)25-26/h26-28,30-31H,3-25H2,1-2H3. The number of aliphatic hydroxyl groups excluding tert-OH is 1. The number of unbranched alkanes of at least 4 members (excludes halogenated alkanes) is 14. The molecule has 4 nitrogen and oxygen atoms in total. The molecule has 33 heavy (non-hydrogen) atoms. The quantitative estimate of drug-likeness (QED) is 0.112. The van der Waals surface area contributed by atoms with Crippen molar-refractivity contribution in [3.05, 3.63) is 0 Å². The first-order valence-corrected chi connectivity index (χ1v) is 14.8. The molecule has 1 saturated carbocycles. The van der Waals surface area contributed by atoms with Gasteiger partial charge < -0.3 is 15.2 Å². The fourth-order valence-corrected chi connectivity index (χ4v) is 4.80. The second kappa shape index (κ2) is 21.9. The lowest BCUT2D eigenvalue weighted by Crippen LogP contribution is -2.44. The molecule has 0 heterocycles. The van der Waals surface area contributed by atoms with Crippen LogP contribution in [-0.2, 0) is 9.53 Å². The molecule has 0 spiro atoms. The van der Waals surface area contributed by atoms with Gasteiger partial charge in [0.05, 0.1) is 6.10 Å². The van der Waals surface area contributed by atoms with Crippen molar-refractivity contribution in [2.75, 3.05) is 6.54 Å². The fraction of sp³-hybridized carbons (Fsp3) is 0.966. The van der Waals surface area contributed by atoms with E-state index in [2.05, 4.69) is 19.2 Å². The average Bonchev–Trinajstić information content (AvgIpc) is 2.78. The molecule has 0 amide bonds. The molecule has 0 aromatic rings. The molecule has 0 radical (unpaired) electrons. The van der Waals surface area contributed by atoms with Gasteiger partial charge in [-0.2, -0.15) is 0 Å². The van der Waals surface area contributed by atoms with Crippen LogP contribution in [0.2, 0.25) is 0 Å². The van der Waals surface area contributed by atoms with Crippen molar-refractivity contribution in [2.45, 2.75) is 173 Å². The molecule has 1 aliphatic carbocycles. The molecule has 0 atom stereocenters. The number of aliphatic hydroxyl groups is 1. The smallest absolute Gasteiger partial charge is 0.306 e. The van der Waals surface area contributed by atoms with Gasteiger partial charge in [0.2, 0.25) is 0 Å². The zero-order valence-electron chi connectivity index (χ0n) is 22.3. The zero-order valence-corrected chi connectivity index (χ0v) is 22.3. The summed E-state index contributed by atoms with van der Waals surface area (Å²) in [6.07, 6.45) is 25.9. The Hall–Kier alpha value is -0.610. The highest BCUT2D eigenvalue weighted by molar-refractivity contribution is 5.69. The number of ether oxygens (including phenoxy) is 1. The van der Waals surface area contributed by atoms with Crippen LogP contribution in [0.15, 0.2) is 0 Å². The van der Waals surface area contributed by atoms with E-state index >= 15 is 0 Å². The number of rotatable bonds is 24. The molecule has 4 heteroatoms. The lowest BCUT2D eigenvalue weighted by Gasteiger charge is -2.32. The van der Waals surface area contributed by atoms with Crippen molar-refractivity contribution in [3.63, 3.8) is 0 Å². The van der Waals surface area contributed by atoms with Crippen LogP contribution in [0.25, 0.3) is 0 Å². The van der Waals surface area contributed by atoms with E-state index in [0.717, 1.165) is 45.1 Å². The van der Waals surface area contributed by atoms with Gasteiger partial charge in [-0.25, -0.2) is 0 Å². The predicted molar refractivity (Wildman–Crippen MR) is 141 cm³/mol. The van der Waals surface area contributed by atoms with Crippen LogP contribution in [0, 0.1) is 0 Å². The summed E-state index contributed by atoms with van der Waals surface area (Å²) in [7, 11) is 0. The van der Waals surface area contributed by atoms with Crippen LogP contribution in [-0.4, -0.2) is 35.9 Å². The van der Waals surface area contributed by atoms with Crippen LogP contribution in [0.5, 0.6) is 0 Å². The molecule has 0 aliphatic heterocycles. The van der Waals surface area contributed by atoms with E-state index in [4.69, 9.17) is 4.74 Å². The van der Waals surface area contributed by atoms with E-state index in [1.54, 1.807) is 0 Å². The van der Waals surface area contributed by atoms with Gasteiger partial charge in [0, 0.05) is 12.5 Å². The van der Waals surface area contributed by atoms with Crippen molar-refractivity contribution in [1.82, 2.24) is 5.32 Å². The van der Waals surface area contributed by atoms with Crippen molar-refractivity contribution < 1.29 is 14.6 Å². The molecule has 0 bridgehead atoms. The number of carbonyl (C=O) groups excluding carboxylic acids is 1. The van der Waals surface area contributed by atoms with Crippen LogP contribution in [0.4, 0.5) is 0 Å². The van der Waals surface area contributed by atoms with E-state index in [0.29, 0.717) is 12.5 Å². The number of carbonyl (C=O) groups is 1. The molecule has 0 unspecified atom stereocenters. The lowest BCUT2D eigenvalue weighted by atomic mass is 9.89. The van der Waals surface area contributed by atoms with Crippen molar-refractivity contribution >= 4 is 5.97 Å². The first-order chi connectivity index (χ1) is 16.2. The highest BCUT2D eigenvalue weighted by atomic mass is 16.5. The van der Waals surface area contributed by atoms with E-state index < -0.39 is 0 Å².